The second kappa shape index (κ2) is 10.9. The average molecular weight is 485 g/mol. The van der Waals surface area contributed by atoms with E-state index in [9.17, 15) is 4.79 Å². The Morgan fingerprint density at radius 3 is 1.25 bits per heavy atom. The number of hydrogen-bond donors (Lipinski definition) is 0. The van der Waals surface area contributed by atoms with Crippen molar-refractivity contribution >= 4 is 5.78 Å². The van der Waals surface area contributed by atoms with E-state index >= 15 is 0 Å². The van der Waals surface area contributed by atoms with Crippen LogP contribution in [0.15, 0.2) is 97.3 Å². The molecule has 0 unspecified atom stereocenters. The van der Waals surface area contributed by atoms with Gasteiger partial charge in [-0.1, -0.05) is 60.7 Å². The Balaban J connectivity index is 1.92. The molecule has 4 aromatic rings. The molecule has 184 valence electrons. The first kappa shape index (κ1) is 25.3. The SMILES string of the molecule is COC(OC)(c1ccccc1)c1cccnc1C(=O)c1ncccc1C(OC)(OC)c1ccccc1. The summed E-state index contributed by atoms with van der Waals surface area (Å²) >= 11 is 0. The van der Waals surface area contributed by atoms with Crippen molar-refractivity contribution in [2.24, 2.45) is 0 Å². The molecule has 0 fully saturated rings. The molecule has 0 aliphatic heterocycles. The van der Waals surface area contributed by atoms with Crippen molar-refractivity contribution in [1.29, 1.82) is 0 Å². The van der Waals surface area contributed by atoms with Gasteiger partial charge in [-0.3, -0.25) is 14.8 Å². The highest BCUT2D eigenvalue weighted by Crippen LogP contribution is 2.39. The molecule has 0 aliphatic rings. The average Bonchev–Trinajstić information content (AvgIpc) is 2.96. The number of rotatable bonds is 10. The van der Waals surface area contributed by atoms with Gasteiger partial charge in [0.05, 0.1) is 0 Å². The Morgan fingerprint density at radius 2 is 0.917 bits per heavy atom. The quantitative estimate of drug-likeness (QED) is 0.239. The fourth-order valence-electron chi connectivity index (χ4n) is 4.52. The van der Waals surface area contributed by atoms with Crippen molar-refractivity contribution in [3.63, 3.8) is 0 Å². The Labute approximate surface area is 210 Å². The van der Waals surface area contributed by atoms with Gasteiger partial charge < -0.3 is 18.9 Å². The van der Waals surface area contributed by atoms with Crippen LogP contribution in [0.3, 0.4) is 0 Å². The predicted molar refractivity (Wildman–Crippen MR) is 134 cm³/mol. The molecule has 0 aliphatic carbocycles. The molecule has 2 aromatic carbocycles. The lowest BCUT2D eigenvalue weighted by atomic mass is 9.90. The molecule has 2 heterocycles. The van der Waals surface area contributed by atoms with Gasteiger partial charge >= 0.3 is 0 Å². The van der Waals surface area contributed by atoms with Gasteiger partial charge in [-0.25, -0.2) is 0 Å². The van der Waals surface area contributed by atoms with Gasteiger partial charge in [-0.05, 0) is 24.3 Å². The minimum Gasteiger partial charge on any atom is -0.345 e. The van der Waals surface area contributed by atoms with E-state index in [2.05, 4.69) is 9.97 Å². The number of carbonyl (C=O) groups is 1. The Kier molecular flexibility index (Phi) is 7.67. The minimum absolute atomic E-state index is 0.138. The number of methoxy groups -OCH3 is 4. The highest BCUT2D eigenvalue weighted by Gasteiger charge is 2.42. The summed E-state index contributed by atoms with van der Waals surface area (Å²) < 4.78 is 23.6. The van der Waals surface area contributed by atoms with Gasteiger partial charge in [0.15, 0.2) is 0 Å². The zero-order chi connectivity index (χ0) is 25.6. The van der Waals surface area contributed by atoms with E-state index in [0.717, 1.165) is 0 Å². The van der Waals surface area contributed by atoms with E-state index in [-0.39, 0.29) is 11.4 Å². The summed E-state index contributed by atoms with van der Waals surface area (Å²) in [7, 11) is 6.11. The van der Waals surface area contributed by atoms with Crippen LogP contribution < -0.4 is 0 Å². The van der Waals surface area contributed by atoms with Gasteiger partial charge in [0, 0.05) is 63.1 Å². The molecule has 0 saturated heterocycles. The van der Waals surface area contributed by atoms with Crippen molar-refractivity contribution in [1.82, 2.24) is 9.97 Å². The summed E-state index contributed by atoms with van der Waals surface area (Å²) in [6.07, 6.45) is 3.11. The van der Waals surface area contributed by atoms with Crippen LogP contribution in [0.5, 0.6) is 0 Å². The summed E-state index contributed by atoms with van der Waals surface area (Å²) in [4.78, 5) is 23.1. The van der Waals surface area contributed by atoms with Gasteiger partial charge in [-0.2, -0.15) is 0 Å². The monoisotopic (exact) mass is 484 g/mol. The lowest BCUT2D eigenvalue weighted by molar-refractivity contribution is -0.184. The number of ether oxygens (including phenoxy) is 4. The van der Waals surface area contributed by atoms with E-state index in [1.54, 1.807) is 36.7 Å². The first-order valence-electron chi connectivity index (χ1n) is 11.3. The third-order valence-corrected chi connectivity index (χ3v) is 6.21. The van der Waals surface area contributed by atoms with E-state index in [0.29, 0.717) is 22.3 Å². The summed E-state index contributed by atoms with van der Waals surface area (Å²) in [5.41, 5.74) is 2.60. The van der Waals surface area contributed by atoms with E-state index in [4.69, 9.17) is 18.9 Å². The zero-order valence-electron chi connectivity index (χ0n) is 20.7. The molecular formula is C29H28N2O5. The molecule has 7 nitrogen and oxygen atoms in total. The minimum atomic E-state index is -1.37. The summed E-state index contributed by atoms with van der Waals surface area (Å²) in [6, 6.07) is 25.8. The highest BCUT2D eigenvalue weighted by atomic mass is 16.7. The molecular weight excluding hydrogens is 456 g/mol. The zero-order valence-corrected chi connectivity index (χ0v) is 20.7. The Bertz CT molecular complexity index is 1200. The lowest BCUT2D eigenvalue weighted by Crippen LogP contribution is -2.36. The standard InChI is InChI=1S/C29H28N2O5/c1-33-28(34-2,21-13-7-5-8-14-21)23-17-11-19-30-25(23)27(32)26-24(18-12-20-31-26)29(35-3,36-4)22-15-9-6-10-16-22/h5-20H,1-4H3. The molecule has 0 spiro atoms. The Hall–Kier alpha value is -3.75. The number of nitrogens with zero attached hydrogens (tertiary/aromatic N) is 2. The molecule has 36 heavy (non-hydrogen) atoms. The third-order valence-electron chi connectivity index (χ3n) is 6.21. The second-order valence-electron chi connectivity index (χ2n) is 7.91. The number of aromatic nitrogens is 2. The first-order valence-corrected chi connectivity index (χ1v) is 11.3. The summed E-state index contributed by atoms with van der Waals surface area (Å²) in [6.45, 7) is 0. The van der Waals surface area contributed by atoms with Crippen LogP contribution in [0.4, 0.5) is 0 Å². The third kappa shape index (κ3) is 4.23. The fraction of sp³-hybridized carbons (Fsp3) is 0.207. The van der Waals surface area contributed by atoms with Gasteiger partial charge in [0.2, 0.25) is 17.4 Å². The molecule has 0 radical (unpaired) electrons. The molecule has 0 saturated carbocycles. The van der Waals surface area contributed by atoms with Crippen LogP contribution >= 0.6 is 0 Å². The van der Waals surface area contributed by atoms with Crippen molar-refractivity contribution < 1.29 is 23.7 Å². The normalized spacial score (nSPS) is 11.9. The van der Waals surface area contributed by atoms with Crippen LogP contribution in [-0.2, 0) is 30.5 Å². The topological polar surface area (TPSA) is 79.8 Å². The largest absolute Gasteiger partial charge is 0.345 e. The molecule has 0 bridgehead atoms. The number of benzene rings is 2. The fourth-order valence-corrected chi connectivity index (χ4v) is 4.52. The molecule has 7 heteroatoms. The van der Waals surface area contributed by atoms with Crippen molar-refractivity contribution in [3.05, 3.63) is 131 Å². The summed E-state index contributed by atoms with van der Waals surface area (Å²) in [5, 5.41) is 0. The van der Waals surface area contributed by atoms with Crippen LogP contribution in [0, 0.1) is 0 Å². The number of ketones is 1. The molecule has 0 N–H and O–H groups in total. The van der Waals surface area contributed by atoms with Crippen molar-refractivity contribution in [3.8, 4) is 0 Å². The van der Waals surface area contributed by atoms with Crippen molar-refractivity contribution in [2.45, 2.75) is 11.6 Å². The van der Waals surface area contributed by atoms with Crippen LogP contribution in [0.25, 0.3) is 0 Å². The van der Waals surface area contributed by atoms with Crippen LogP contribution in [0.1, 0.15) is 38.4 Å². The maximum atomic E-state index is 14.2. The molecule has 4 rings (SSSR count). The molecule has 2 aromatic heterocycles. The van der Waals surface area contributed by atoms with E-state index in [1.807, 2.05) is 60.7 Å². The molecule has 0 atom stereocenters. The maximum absolute atomic E-state index is 14.2. The number of hydrogen-bond acceptors (Lipinski definition) is 7. The lowest BCUT2D eigenvalue weighted by Gasteiger charge is -2.34. The smallest absolute Gasteiger partial charge is 0.230 e. The number of pyridine rings is 2. The maximum Gasteiger partial charge on any atom is 0.230 e. The first-order chi connectivity index (χ1) is 17.6. The predicted octanol–water partition coefficient (Wildman–Crippen LogP) is 4.70. The second-order valence-corrected chi connectivity index (χ2v) is 7.91. The molecule has 0 amide bonds. The highest BCUT2D eigenvalue weighted by molar-refractivity contribution is 6.08. The Morgan fingerprint density at radius 1 is 0.556 bits per heavy atom. The van der Waals surface area contributed by atoms with Crippen LogP contribution in [0.2, 0.25) is 0 Å². The van der Waals surface area contributed by atoms with Gasteiger partial charge in [0.1, 0.15) is 11.4 Å². The van der Waals surface area contributed by atoms with Crippen molar-refractivity contribution in [2.75, 3.05) is 28.4 Å². The number of carbonyl (C=O) groups excluding carboxylic acids is 1. The van der Waals surface area contributed by atoms with Gasteiger partial charge in [-0.15, -0.1) is 0 Å². The summed E-state index contributed by atoms with van der Waals surface area (Å²) in [5.74, 6) is -3.16. The van der Waals surface area contributed by atoms with Crippen LogP contribution in [-0.4, -0.2) is 44.2 Å². The van der Waals surface area contributed by atoms with E-state index < -0.39 is 17.4 Å². The van der Waals surface area contributed by atoms with Gasteiger partial charge in [0.25, 0.3) is 0 Å². The van der Waals surface area contributed by atoms with E-state index in [1.165, 1.54) is 28.4 Å².